The average Bonchev–Trinajstić information content (AvgIpc) is 2.36. The van der Waals surface area contributed by atoms with Crippen LogP contribution in [0.3, 0.4) is 0 Å². The molecule has 0 amide bonds. The van der Waals surface area contributed by atoms with Gasteiger partial charge in [-0.05, 0) is 0 Å². The van der Waals surface area contributed by atoms with Crippen LogP contribution in [-0.2, 0) is 20.4 Å². The number of hydrogen-bond donors (Lipinski definition) is 0. The summed E-state index contributed by atoms with van der Waals surface area (Å²) in [4.78, 5) is 0. The van der Waals surface area contributed by atoms with Gasteiger partial charge in [0.2, 0.25) is 0 Å². The Labute approximate surface area is 84.3 Å². The van der Waals surface area contributed by atoms with Crippen LogP contribution in [0, 0.1) is 5.92 Å². The second kappa shape index (κ2) is 6.56. The molecule has 12 heavy (non-hydrogen) atoms. The molecule has 69 valence electrons. The molecular weight excluding hydrogens is 194 g/mol. The Bertz CT molecular complexity index is 173. The van der Waals surface area contributed by atoms with Gasteiger partial charge in [0.05, 0.1) is 0 Å². The minimum atomic E-state index is 0. The smallest absolute Gasteiger partial charge is 0.269 e. The van der Waals surface area contributed by atoms with Gasteiger partial charge in [-0.1, -0.05) is 0 Å². The van der Waals surface area contributed by atoms with Gasteiger partial charge in [0.1, 0.15) is 0 Å². The van der Waals surface area contributed by atoms with E-state index in [2.05, 4.69) is 52.5 Å². The average molecular weight is 209 g/mol. The van der Waals surface area contributed by atoms with E-state index in [4.69, 9.17) is 0 Å². The predicted octanol–water partition coefficient (Wildman–Crippen LogP) is 3.17. The molecule has 0 aliphatic heterocycles. The van der Waals surface area contributed by atoms with E-state index in [1.165, 1.54) is 6.42 Å². The molecule has 0 aromatic heterocycles. The summed E-state index contributed by atoms with van der Waals surface area (Å²) in [6.45, 7) is 4.56. The normalized spacial score (nSPS) is 16.3. The van der Waals surface area contributed by atoms with Gasteiger partial charge in [-0.25, -0.2) is 0 Å². The van der Waals surface area contributed by atoms with Crippen LogP contribution in [0.4, 0.5) is 9.41 Å². The van der Waals surface area contributed by atoms with Crippen molar-refractivity contribution in [2.45, 2.75) is 24.5 Å². The molecule has 0 radical (unpaired) electrons. The van der Waals surface area contributed by atoms with Crippen LogP contribution in [-0.4, -0.2) is 0 Å². The van der Waals surface area contributed by atoms with E-state index < -0.39 is 0 Å². The fourth-order valence-electron chi connectivity index (χ4n) is 1.12. The molecule has 0 fully saturated rings. The van der Waals surface area contributed by atoms with Crippen LogP contribution in [0.1, 0.15) is 20.3 Å². The molecule has 1 unspecified atom stereocenters. The van der Waals surface area contributed by atoms with E-state index in [1.807, 2.05) is 0 Å². The van der Waals surface area contributed by atoms with Crippen LogP contribution in [0.15, 0.2) is 23.8 Å². The molecular formula is C9H15F2Ti. The first kappa shape index (κ1) is 14.6. The van der Waals surface area contributed by atoms with Crippen molar-refractivity contribution in [2.75, 3.05) is 0 Å². The second-order valence-electron chi connectivity index (χ2n) is 3.10. The number of rotatable bonds is 2. The van der Waals surface area contributed by atoms with Gasteiger partial charge >= 0.3 is 74.6 Å². The zero-order valence-electron chi connectivity index (χ0n) is 7.41. The van der Waals surface area contributed by atoms with Gasteiger partial charge in [0, 0.05) is 0 Å². The summed E-state index contributed by atoms with van der Waals surface area (Å²) < 4.78 is 0.759. The Kier molecular flexibility index (Phi) is 7.96. The van der Waals surface area contributed by atoms with Crippen molar-refractivity contribution in [1.29, 1.82) is 0 Å². The molecule has 0 aromatic carbocycles. The third-order valence-corrected chi connectivity index (χ3v) is 3.49. The van der Waals surface area contributed by atoms with Crippen molar-refractivity contribution in [3.05, 3.63) is 23.8 Å². The third-order valence-electron chi connectivity index (χ3n) is 1.87. The Morgan fingerprint density at radius 1 is 1.33 bits per heavy atom. The molecule has 3 heteroatoms. The summed E-state index contributed by atoms with van der Waals surface area (Å²) in [7, 11) is 0. The van der Waals surface area contributed by atoms with Crippen molar-refractivity contribution >= 4 is 0 Å². The van der Waals surface area contributed by atoms with Crippen LogP contribution in [0.5, 0.6) is 0 Å². The minimum absolute atomic E-state index is 0. The SMILES string of the molecule is CC(C)[CH]([Ti])C1=CC=CC1.F.F. The topological polar surface area (TPSA) is 0 Å². The van der Waals surface area contributed by atoms with Crippen LogP contribution in [0.2, 0.25) is 4.22 Å². The predicted molar refractivity (Wildman–Crippen MR) is 45.4 cm³/mol. The van der Waals surface area contributed by atoms with Gasteiger partial charge in [0.25, 0.3) is 0 Å². The standard InChI is InChI=1S/C9H13.2FH.Ti/c1-8(2)7-9-5-3-4-6-9;;;/h3-5,7-8H,6H2,1-2H3;2*1H;. The first-order valence-electron chi connectivity index (χ1n) is 3.78. The number of halogens is 2. The first-order chi connectivity index (χ1) is 4.72. The van der Waals surface area contributed by atoms with Crippen LogP contribution >= 0.6 is 0 Å². The second-order valence-corrected chi connectivity index (χ2v) is 4.07. The van der Waals surface area contributed by atoms with Gasteiger partial charge in [-0.3, -0.25) is 9.41 Å². The van der Waals surface area contributed by atoms with Crippen molar-refractivity contribution in [2.24, 2.45) is 5.92 Å². The molecule has 1 rings (SSSR count). The van der Waals surface area contributed by atoms with Gasteiger partial charge in [-0.15, -0.1) is 0 Å². The van der Waals surface area contributed by atoms with E-state index >= 15 is 0 Å². The Morgan fingerprint density at radius 3 is 2.25 bits per heavy atom. The summed E-state index contributed by atoms with van der Waals surface area (Å²) in [5.41, 5.74) is 1.59. The van der Waals surface area contributed by atoms with E-state index in [0.717, 1.165) is 10.1 Å². The van der Waals surface area contributed by atoms with E-state index in [0.29, 0.717) is 0 Å². The van der Waals surface area contributed by atoms with Crippen LogP contribution in [0.25, 0.3) is 0 Å². The largest absolute Gasteiger partial charge is 0.269 e. The van der Waals surface area contributed by atoms with Gasteiger partial charge in [-0.2, -0.15) is 0 Å². The maximum atomic E-state index is 2.31. The third kappa shape index (κ3) is 3.64. The molecule has 0 saturated heterocycles. The Morgan fingerprint density at radius 2 is 1.92 bits per heavy atom. The van der Waals surface area contributed by atoms with E-state index in [9.17, 15) is 0 Å². The molecule has 1 aliphatic rings. The van der Waals surface area contributed by atoms with Crippen molar-refractivity contribution in [3.63, 3.8) is 0 Å². The summed E-state index contributed by atoms with van der Waals surface area (Å²) in [5.74, 6) is 0.783. The minimum Gasteiger partial charge on any atom is -0.269 e. The monoisotopic (exact) mass is 209 g/mol. The summed E-state index contributed by atoms with van der Waals surface area (Å²) in [5, 5.41) is 0. The Balaban J connectivity index is 0. The van der Waals surface area contributed by atoms with Gasteiger partial charge in [0.15, 0.2) is 0 Å². The zero-order chi connectivity index (χ0) is 7.56. The molecule has 0 spiro atoms. The first-order valence-corrected chi connectivity index (χ1v) is 4.68. The van der Waals surface area contributed by atoms with Crippen molar-refractivity contribution in [3.8, 4) is 0 Å². The zero-order valence-corrected chi connectivity index (χ0v) is 8.97. The molecule has 0 nitrogen and oxygen atoms in total. The molecule has 1 atom stereocenters. The fourth-order valence-corrected chi connectivity index (χ4v) is 1.46. The van der Waals surface area contributed by atoms with Crippen LogP contribution < -0.4 is 0 Å². The summed E-state index contributed by atoms with van der Waals surface area (Å²) in [6.07, 6.45) is 7.83. The molecule has 0 aromatic rings. The van der Waals surface area contributed by atoms with Crippen molar-refractivity contribution < 1.29 is 29.8 Å². The molecule has 0 heterocycles. The van der Waals surface area contributed by atoms with Crippen molar-refractivity contribution in [1.82, 2.24) is 0 Å². The van der Waals surface area contributed by atoms with Gasteiger partial charge < -0.3 is 0 Å². The number of hydrogen-bond acceptors (Lipinski definition) is 0. The summed E-state index contributed by atoms with van der Waals surface area (Å²) >= 11 is 2.31. The number of allylic oxidation sites excluding steroid dienone is 4. The molecule has 0 bridgehead atoms. The van der Waals surface area contributed by atoms with E-state index in [-0.39, 0.29) is 9.41 Å². The molecule has 0 N–H and O–H groups in total. The quantitative estimate of drug-likeness (QED) is 0.612. The maximum Gasteiger partial charge on any atom is -0.269 e. The van der Waals surface area contributed by atoms with E-state index in [1.54, 1.807) is 5.57 Å². The Hall–Kier alpha value is 0.0543. The molecule has 1 aliphatic carbocycles. The fraction of sp³-hybridized carbons (Fsp3) is 0.556. The summed E-state index contributed by atoms with van der Waals surface area (Å²) in [6, 6.07) is 0. The maximum absolute atomic E-state index is 2.31. The molecule has 0 saturated carbocycles.